The molecular formula is C52H56Cl2N4O2. The maximum atomic E-state index is 12.2. The van der Waals surface area contributed by atoms with Gasteiger partial charge in [-0.15, -0.1) is 13.2 Å². The summed E-state index contributed by atoms with van der Waals surface area (Å²) in [4.78, 5) is 9.18. The van der Waals surface area contributed by atoms with E-state index >= 15 is 0 Å². The van der Waals surface area contributed by atoms with Crippen LogP contribution in [0.25, 0.3) is 32.9 Å². The van der Waals surface area contributed by atoms with Crippen LogP contribution in [0.5, 0.6) is 0 Å². The molecule has 60 heavy (non-hydrogen) atoms. The van der Waals surface area contributed by atoms with Gasteiger partial charge in [-0.05, 0) is 58.4 Å². The molecule has 0 aliphatic carbocycles. The maximum absolute atomic E-state index is 12.2. The normalized spacial score (nSPS) is 29.0. The first-order valence-electron chi connectivity index (χ1n) is 21.6. The van der Waals surface area contributed by atoms with Gasteiger partial charge in [-0.25, -0.2) is 0 Å². The first kappa shape index (κ1) is 42.3. The topological polar surface area (TPSA) is 66.2 Å². The smallest absolute Gasteiger partial charge is 0.131 e. The van der Waals surface area contributed by atoms with Gasteiger partial charge in [0.1, 0.15) is 37.4 Å². The van der Waals surface area contributed by atoms with Crippen LogP contribution in [0.4, 0.5) is 0 Å². The van der Waals surface area contributed by atoms with E-state index in [1.54, 1.807) is 0 Å². The van der Waals surface area contributed by atoms with Crippen LogP contribution in [0.1, 0.15) is 60.1 Å². The van der Waals surface area contributed by atoms with Gasteiger partial charge in [0.15, 0.2) is 0 Å². The minimum absolute atomic E-state index is 0. The molecule has 6 saturated heterocycles. The van der Waals surface area contributed by atoms with Gasteiger partial charge in [0, 0.05) is 71.8 Å². The van der Waals surface area contributed by atoms with Gasteiger partial charge in [-0.2, -0.15) is 0 Å². The number of aromatic nitrogens is 2. The lowest BCUT2D eigenvalue weighted by atomic mass is 9.71. The van der Waals surface area contributed by atoms with Crippen LogP contribution in [0.3, 0.4) is 0 Å². The Hall–Kier alpha value is -4.40. The summed E-state index contributed by atoms with van der Waals surface area (Å²) in [6.07, 6.45) is 11.3. The van der Waals surface area contributed by atoms with Gasteiger partial charge in [-0.3, -0.25) is 9.97 Å². The quantitative estimate of drug-likeness (QED) is 0.154. The Labute approximate surface area is 367 Å². The molecule has 12 rings (SSSR count). The number of piperidine rings is 6. The summed E-state index contributed by atoms with van der Waals surface area (Å²) in [6.45, 7) is 14.5. The molecule has 0 saturated carbocycles. The van der Waals surface area contributed by atoms with Crippen molar-refractivity contribution >= 4 is 21.8 Å². The highest BCUT2D eigenvalue weighted by molar-refractivity contribution is 5.83. The van der Waals surface area contributed by atoms with E-state index in [-0.39, 0.29) is 36.9 Å². The Balaban J connectivity index is 0.00000249. The first-order chi connectivity index (χ1) is 28.4. The molecule has 10 atom stereocenters. The van der Waals surface area contributed by atoms with E-state index < -0.39 is 12.2 Å². The highest BCUT2D eigenvalue weighted by Gasteiger charge is 2.55. The van der Waals surface area contributed by atoms with Crippen molar-refractivity contribution in [3.8, 4) is 11.1 Å². The fraction of sp³-hybridized carbons (Fsp3) is 0.346. The number of hydrogen-bond acceptors (Lipinski definition) is 4. The van der Waals surface area contributed by atoms with Crippen molar-refractivity contribution in [1.82, 2.24) is 9.97 Å². The number of halogens is 2. The van der Waals surface area contributed by atoms with Crippen molar-refractivity contribution in [2.75, 3.05) is 26.2 Å². The van der Waals surface area contributed by atoms with Gasteiger partial charge in [0.25, 0.3) is 0 Å². The van der Waals surface area contributed by atoms with Crippen molar-refractivity contribution in [3.05, 3.63) is 169 Å². The van der Waals surface area contributed by atoms with Crippen LogP contribution in [-0.2, 0) is 13.1 Å². The number of quaternary nitrogens is 2. The van der Waals surface area contributed by atoms with Gasteiger partial charge >= 0.3 is 0 Å². The number of aliphatic hydroxyl groups is 2. The predicted octanol–water partition coefficient (Wildman–Crippen LogP) is 3.75. The molecule has 0 spiro atoms. The van der Waals surface area contributed by atoms with E-state index in [1.807, 2.05) is 60.9 Å². The van der Waals surface area contributed by atoms with Gasteiger partial charge in [0.2, 0.25) is 0 Å². The highest BCUT2D eigenvalue weighted by Crippen LogP contribution is 2.50. The zero-order valence-electron chi connectivity index (χ0n) is 34.2. The third-order valence-electron chi connectivity index (χ3n) is 15.3. The second-order valence-corrected chi connectivity index (χ2v) is 18.2. The molecule has 0 amide bonds. The number of pyridine rings is 2. The Bertz CT molecular complexity index is 2290. The zero-order chi connectivity index (χ0) is 39.4. The van der Waals surface area contributed by atoms with Crippen LogP contribution in [-0.4, -0.2) is 67.4 Å². The Morgan fingerprint density at radius 1 is 0.567 bits per heavy atom. The molecule has 8 heterocycles. The van der Waals surface area contributed by atoms with E-state index in [2.05, 4.69) is 95.9 Å². The number of para-hydroxylation sites is 2. The standard InChI is InChI=1S/C52H56N4O2.2ClH/c1-3-37-33-55(27-23-41(37)29-49(55)51(57)45-21-25-53-47-11-7-5-9-43(45)47)31-35-13-17-39(18-14-35)40-19-15-36(16-20-40)32-56-28-24-42(38(4-2)34-56)30-50(56)52(58)46-22-26-54-48-12-8-6-10-44(46)48;;/h3-22,25-26,37-38,41-42,49-52,57-58H,1-2,23-24,27-34H2;2*1H/q+2;;/p-2/t37-,38+,41-,42+,49-,50+,51-,52-,55?,56?;;/m1../s1. The summed E-state index contributed by atoms with van der Waals surface area (Å²) in [5, 5.41) is 26.5. The van der Waals surface area contributed by atoms with Gasteiger partial charge in [-0.1, -0.05) is 97.1 Å². The highest BCUT2D eigenvalue weighted by atomic mass is 35.5. The van der Waals surface area contributed by atoms with Crippen LogP contribution >= 0.6 is 0 Å². The van der Waals surface area contributed by atoms with Crippen LogP contribution < -0.4 is 24.8 Å². The molecule has 4 bridgehead atoms. The molecule has 6 aliphatic rings. The van der Waals surface area contributed by atoms with E-state index in [1.165, 1.54) is 35.1 Å². The van der Waals surface area contributed by atoms with E-state index in [0.29, 0.717) is 23.7 Å². The first-order valence-corrected chi connectivity index (χ1v) is 21.6. The maximum Gasteiger partial charge on any atom is 0.131 e. The van der Waals surface area contributed by atoms with Crippen LogP contribution in [0.15, 0.2) is 147 Å². The third-order valence-corrected chi connectivity index (χ3v) is 15.3. The minimum Gasteiger partial charge on any atom is -1.00 e. The van der Waals surface area contributed by atoms with Crippen molar-refractivity contribution in [1.29, 1.82) is 0 Å². The van der Waals surface area contributed by atoms with E-state index in [9.17, 15) is 10.2 Å². The van der Waals surface area contributed by atoms with E-state index in [4.69, 9.17) is 0 Å². The fourth-order valence-electron chi connectivity index (χ4n) is 12.3. The minimum atomic E-state index is -0.558. The number of nitrogens with zero attached hydrogens (tertiary/aromatic N) is 4. The van der Waals surface area contributed by atoms with Crippen LogP contribution in [0.2, 0.25) is 0 Å². The van der Waals surface area contributed by atoms with Crippen LogP contribution in [0, 0.1) is 23.7 Å². The zero-order valence-corrected chi connectivity index (χ0v) is 35.8. The molecule has 4 aromatic carbocycles. The second-order valence-electron chi connectivity index (χ2n) is 18.2. The summed E-state index contributed by atoms with van der Waals surface area (Å²) in [5.74, 6) is 2.09. The lowest BCUT2D eigenvalue weighted by molar-refractivity contribution is -0.984. The Kier molecular flexibility index (Phi) is 12.1. The van der Waals surface area contributed by atoms with Crippen molar-refractivity contribution in [2.45, 2.75) is 63.1 Å². The number of fused-ring (bicyclic) bond motifs is 8. The number of aliphatic hydroxyl groups excluding tert-OH is 2. The molecule has 2 unspecified atom stereocenters. The molecule has 8 heteroatoms. The average Bonchev–Trinajstić information content (AvgIpc) is 3.28. The summed E-state index contributed by atoms with van der Waals surface area (Å²) in [5.41, 5.74) is 8.93. The molecule has 0 radical (unpaired) electrons. The van der Waals surface area contributed by atoms with Crippen molar-refractivity contribution in [3.63, 3.8) is 0 Å². The number of hydrogen-bond donors (Lipinski definition) is 2. The largest absolute Gasteiger partial charge is 1.00 e. The SMILES string of the molecule is C=C[C@@H]1C[N+]2(Cc3ccc(-c4ccc(C[N+]56CC[C@@H](C[C@H]5[C@H](O)c5ccnc7ccccc57)[C@@H](C=C)C6)cc4)cc3)CC[C@@H]1C[C@@H]2[C@H](O)c1ccnc2ccccc12.[Cl-].[Cl-]. The molecule has 310 valence electrons. The molecule has 6 nitrogen and oxygen atoms in total. The summed E-state index contributed by atoms with van der Waals surface area (Å²) >= 11 is 0. The molecule has 2 N–H and O–H groups in total. The predicted molar refractivity (Wildman–Crippen MR) is 233 cm³/mol. The third kappa shape index (κ3) is 7.40. The summed E-state index contributed by atoms with van der Waals surface area (Å²) in [6, 6.07) is 39.1. The molecule has 6 aromatic rings. The molecule has 6 fully saturated rings. The lowest BCUT2D eigenvalue weighted by Crippen LogP contribution is -3.00. The molecule has 6 aliphatic heterocycles. The molecular weight excluding hydrogens is 784 g/mol. The van der Waals surface area contributed by atoms with Crippen molar-refractivity contribution in [2.24, 2.45) is 23.7 Å². The van der Waals surface area contributed by atoms with Crippen molar-refractivity contribution < 1.29 is 44.0 Å². The van der Waals surface area contributed by atoms with Gasteiger partial charge < -0.3 is 44.0 Å². The second kappa shape index (κ2) is 17.2. The summed E-state index contributed by atoms with van der Waals surface area (Å²) < 4.78 is 1.78. The Morgan fingerprint density at radius 3 is 1.37 bits per heavy atom. The summed E-state index contributed by atoms with van der Waals surface area (Å²) in [7, 11) is 0. The molecule has 2 aromatic heterocycles. The Morgan fingerprint density at radius 2 is 0.967 bits per heavy atom. The lowest BCUT2D eigenvalue weighted by Gasteiger charge is -2.58. The average molecular weight is 840 g/mol. The van der Waals surface area contributed by atoms with E-state index in [0.717, 1.165) is 94.0 Å². The fourth-order valence-corrected chi connectivity index (χ4v) is 12.3. The monoisotopic (exact) mass is 838 g/mol. The van der Waals surface area contributed by atoms with Gasteiger partial charge in [0.05, 0.1) is 37.2 Å². The number of rotatable bonds is 11. The number of benzene rings is 4.